The summed E-state index contributed by atoms with van der Waals surface area (Å²) in [4.78, 5) is 12.5. The largest absolute Gasteiger partial charge is 0.495 e. The maximum Gasteiger partial charge on any atom is 0.251 e. The van der Waals surface area contributed by atoms with Gasteiger partial charge in [0.15, 0.2) is 0 Å². The van der Waals surface area contributed by atoms with Gasteiger partial charge in [0.1, 0.15) is 16.0 Å². The second-order valence-corrected chi connectivity index (χ2v) is 6.74. The van der Waals surface area contributed by atoms with Gasteiger partial charge in [-0.2, -0.15) is 0 Å². The van der Waals surface area contributed by atoms with Crippen LogP contribution < -0.4 is 14.8 Å². The van der Waals surface area contributed by atoms with Crippen molar-refractivity contribution in [3.63, 3.8) is 0 Å². The van der Waals surface area contributed by atoms with E-state index >= 15 is 0 Å². The minimum absolute atomic E-state index is 0.206. The van der Waals surface area contributed by atoms with Crippen molar-refractivity contribution in [1.29, 1.82) is 0 Å². The first-order valence-electron chi connectivity index (χ1n) is 9.02. The Hall–Kier alpha value is -2.09. The Kier molecular flexibility index (Phi) is 9.27. The van der Waals surface area contributed by atoms with Crippen LogP contribution in [-0.4, -0.2) is 39.9 Å². The smallest absolute Gasteiger partial charge is 0.251 e. The molecule has 6 nitrogen and oxygen atoms in total. The van der Waals surface area contributed by atoms with Crippen LogP contribution in [0.4, 0.5) is 0 Å². The fourth-order valence-corrected chi connectivity index (χ4v) is 3.12. The summed E-state index contributed by atoms with van der Waals surface area (Å²) in [6.07, 6.45) is 0. The second kappa shape index (κ2) is 11.7. The molecule has 2 rings (SSSR count). The van der Waals surface area contributed by atoms with Crippen molar-refractivity contribution in [2.75, 3.05) is 34.0 Å². The molecule has 0 atom stereocenters. The first-order valence-corrected chi connectivity index (χ1v) is 9.81. The molecule has 0 saturated carbocycles. The zero-order chi connectivity index (χ0) is 20.4. The summed E-state index contributed by atoms with van der Waals surface area (Å²) in [7, 11) is 3.09. The van der Waals surface area contributed by atoms with Crippen LogP contribution in [0.1, 0.15) is 28.4 Å². The lowest BCUT2D eigenvalue weighted by atomic mass is 10.1. The Balaban J connectivity index is 1.95. The van der Waals surface area contributed by atoms with E-state index < -0.39 is 0 Å². The van der Waals surface area contributed by atoms with Gasteiger partial charge in [0.05, 0.1) is 34.0 Å². The number of halogens is 1. The van der Waals surface area contributed by atoms with Crippen LogP contribution in [0.25, 0.3) is 0 Å². The van der Waals surface area contributed by atoms with E-state index in [9.17, 15) is 4.79 Å². The maximum atomic E-state index is 12.5. The van der Waals surface area contributed by atoms with Gasteiger partial charge in [0.2, 0.25) is 0 Å². The average molecular weight is 452 g/mol. The fourth-order valence-electron chi connectivity index (χ4n) is 2.57. The van der Waals surface area contributed by atoms with Gasteiger partial charge in [-0.1, -0.05) is 24.3 Å². The molecule has 0 fully saturated rings. The third kappa shape index (κ3) is 6.51. The number of hydrogen-bond donors (Lipinski definition) is 1. The quantitative estimate of drug-likeness (QED) is 0.523. The van der Waals surface area contributed by atoms with Crippen LogP contribution in [0.5, 0.6) is 11.5 Å². The van der Waals surface area contributed by atoms with Crippen LogP contribution in [0.15, 0.2) is 40.9 Å². The van der Waals surface area contributed by atoms with E-state index in [4.69, 9.17) is 18.9 Å². The van der Waals surface area contributed by atoms with Gasteiger partial charge in [0.25, 0.3) is 5.91 Å². The predicted molar refractivity (Wildman–Crippen MR) is 111 cm³/mol. The Bertz CT molecular complexity index is 756. The van der Waals surface area contributed by atoms with Crippen LogP contribution in [0, 0.1) is 0 Å². The summed E-state index contributed by atoms with van der Waals surface area (Å²) in [6, 6.07) is 11.3. The highest BCUT2D eigenvalue weighted by Crippen LogP contribution is 2.35. The van der Waals surface area contributed by atoms with Crippen molar-refractivity contribution in [2.45, 2.75) is 20.1 Å². The normalized spacial score (nSPS) is 10.6. The third-order valence-electron chi connectivity index (χ3n) is 4.00. The number of ether oxygens (including phenoxy) is 4. The molecule has 0 radical (unpaired) electrons. The van der Waals surface area contributed by atoms with E-state index in [1.54, 1.807) is 26.4 Å². The molecule has 1 amide bonds. The molecular formula is C21H26BrNO5. The summed E-state index contributed by atoms with van der Waals surface area (Å²) in [5.41, 5.74) is 2.51. The molecule has 0 spiro atoms. The number of rotatable bonds is 11. The fraction of sp³-hybridized carbons (Fsp3) is 0.381. The molecule has 152 valence electrons. The molecule has 0 aromatic heterocycles. The van der Waals surface area contributed by atoms with Crippen LogP contribution in [-0.2, 0) is 22.6 Å². The summed E-state index contributed by atoms with van der Waals surface area (Å²) >= 11 is 3.40. The number of methoxy groups -OCH3 is 2. The predicted octanol–water partition coefficient (Wildman–Crippen LogP) is 3.95. The summed E-state index contributed by atoms with van der Waals surface area (Å²) in [5.74, 6) is 0.869. The number of nitrogens with one attached hydrogen (secondary N) is 1. The number of carbonyl (C=O) groups excluding carboxylic acids is 1. The topological polar surface area (TPSA) is 66.0 Å². The van der Waals surface area contributed by atoms with Crippen LogP contribution in [0.2, 0.25) is 0 Å². The Morgan fingerprint density at radius 1 is 1.00 bits per heavy atom. The van der Waals surface area contributed by atoms with Crippen LogP contribution in [0.3, 0.4) is 0 Å². The molecule has 0 aliphatic rings. The van der Waals surface area contributed by atoms with Crippen LogP contribution >= 0.6 is 15.9 Å². The number of hydrogen-bond acceptors (Lipinski definition) is 5. The van der Waals surface area contributed by atoms with E-state index in [0.29, 0.717) is 54.5 Å². The minimum atomic E-state index is -0.206. The highest BCUT2D eigenvalue weighted by molar-refractivity contribution is 9.10. The molecule has 0 aliphatic carbocycles. The molecule has 0 heterocycles. The molecular weight excluding hydrogens is 426 g/mol. The van der Waals surface area contributed by atoms with Crippen molar-refractivity contribution in [1.82, 2.24) is 5.32 Å². The van der Waals surface area contributed by atoms with Gasteiger partial charge in [-0.15, -0.1) is 0 Å². The van der Waals surface area contributed by atoms with Gasteiger partial charge in [-0.05, 0) is 46.1 Å². The average Bonchev–Trinajstić information content (AvgIpc) is 2.72. The first kappa shape index (κ1) is 22.2. The van der Waals surface area contributed by atoms with Crippen molar-refractivity contribution in [3.05, 3.63) is 57.6 Å². The van der Waals surface area contributed by atoms with E-state index in [1.165, 1.54) is 0 Å². The monoisotopic (exact) mass is 451 g/mol. The zero-order valence-corrected chi connectivity index (χ0v) is 18.0. The lowest BCUT2D eigenvalue weighted by Gasteiger charge is -2.12. The molecule has 0 aliphatic heterocycles. The van der Waals surface area contributed by atoms with Crippen molar-refractivity contribution in [2.24, 2.45) is 0 Å². The molecule has 0 bridgehead atoms. The highest BCUT2D eigenvalue weighted by Gasteiger charge is 2.14. The van der Waals surface area contributed by atoms with Gasteiger partial charge in [-0.25, -0.2) is 0 Å². The third-order valence-corrected chi connectivity index (χ3v) is 4.78. The molecule has 2 aromatic rings. The minimum Gasteiger partial charge on any atom is -0.495 e. The lowest BCUT2D eigenvalue weighted by molar-refractivity contribution is 0.0453. The lowest BCUT2D eigenvalue weighted by Crippen LogP contribution is -2.23. The van der Waals surface area contributed by atoms with Gasteiger partial charge in [0, 0.05) is 18.7 Å². The van der Waals surface area contributed by atoms with Gasteiger partial charge in [-0.3, -0.25) is 4.79 Å². The second-order valence-electron chi connectivity index (χ2n) is 5.95. The Morgan fingerprint density at radius 2 is 1.64 bits per heavy atom. The molecule has 2 aromatic carbocycles. The molecule has 0 unspecified atom stereocenters. The van der Waals surface area contributed by atoms with Crippen molar-refractivity contribution < 1.29 is 23.7 Å². The number of amides is 1. The van der Waals surface area contributed by atoms with E-state index in [-0.39, 0.29) is 5.91 Å². The summed E-state index contributed by atoms with van der Waals surface area (Å²) < 4.78 is 22.1. The molecule has 1 N–H and O–H groups in total. The van der Waals surface area contributed by atoms with E-state index in [1.807, 2.05) is 31.2 Å². The van der Waals surface area contributed by atoms with Crippen molar-refractivity contribution in [3.8, 4) is 11.5 Å². The number of benzene rings is 2. The number of carbonyl (C=O) groups is 1. The van der Waals surface area contributed by atoms with Crippen molar-refractivity contribution >= 4 is 21.8 Å². The first-order chi connectivity index (χ1) is 13.6. The molecule has 7 heteroatoms. The zero-order valence-electron chi connectivity index (χ0n) is 16.4. The SMILES string of the molecule is CCOCCOCc1cccc(CNC(=O)c2cc(OC)c(Br)c(OC)c2)c1. The van der Waals surface area contributed by atoms with E-state index in [2.05, 4.69) is 21.2 Å². The Labute approximate surface area is 174 Å². The molecule has 28 heavy (non-hydrogen) atoms. The van der Waals surface area contributed by atoms with E-state index in [0.717, 1.165) is 11.1 Å². The highest BCUT2D eigenvalue weighted by atomic mass is 79.9. The standard InChI is InChI=1S/C21H26BrNO5/c1-4-27-8-9-28-14-16-7-5-6-15(10-16)13-23-21(24)17-11-18(25-2)20(22)19(12-17)26-3/h5-7,10-12H,4,8-9,13-14H2,1-3H3,(H,23,24). The molecule has 0 saturated heterocycles. The summed E-state index contributed by atoms with van der Waals surface area (Å²) in [5, 5.41) is 2.92. The van der Waals surface area contributed by atoms with Gasteiger partial charge < -0.3 is 24.3 Å². The maximum absolute atomic E-state index is 12.5. The van der Waals surface area contributed by atoms with Gasteiger partial charge >= 0.3 is 0 Å². The summed E-state index contributed by atoms with van der Waals surface area (Å²) in [6.45, 7) is 4.71. The Morgan fingerprint density at radius 3 is 2.29 bits per heavy atom.